The zero-order valence-electron chi connectivity index (χ0n) is 15.5. The second-order valence-electron chi connectivity index (χ2n) is 6.92. The van der Waals surface area contributed by atoms with Gasteiger partial charge in [0.15, 0.2) is 0 Å². The van der Waals surface area contributed by atoms with Crippen LogP contribution in [0, 0.1) is 0 Å². The lowest BCUT2D eigenvalue weighted by molar-refractivity contribution is 0.0696. The maximum absolute atomic E-state index is 12.8. The van der Waals surface area contributed by atoms with E-state index in [4.69, 9.17) is 0 Å². The summed E-state index contributed by atoms with van der Waals surface area (Å²) in [7, 11) is 0. The van der Waals surface area contributed by atoms with Crippen LogP contribution in [0.15, 0.2) is 49.2 Å². The molecule has 7 heteroatoms. The molecule has 4 heterocycles. The maximum Gasteiger partial charge on any atom is 0.274 e. The molecule has 0 unspecified atom stereocenters. The summed E-state index contributed by atoms with van der Waals surface area (Å²) in [5.41, 5.74) is 1.72. The first kappa shape index (κ1) is 17.5. The molecular formula is C20H24N6O. The largest absolute Gasteiger partial charge is 0.337 e. The fourth-order valence-corrected chi connectivity index (χ4v) is 3.69. The molecule has 0 aliphatic carbocycles. The van der Waals surface area contributed by atoms with Gasteiger partial charge in [-0.25, -0.2) is 4.98 Å². The molecule has 140 valence electrons. The van der Waals surface area contributed by atoms with Gasteiger partial charge in [-0.15, -0.1) is 0 Å². The Hall–Kier alpha value is -2.96. The first-order valence-corrected chi connectivity index (χ1v) is 9.47. The third kappa shape index (κ3) is 3.77. The summed E-state index contributed by atoms with van der Waals surface area (Å²) in [4.78, 5) is 23.4. The number of piperidine rings is 1. The lowest BCUT2D eigenvalue weighted by Gasteiger charge is -2.32. The van der Waals surface area contributed by atoms with E-state index in [1.807, 2.05) is 54.9 Å². The highest BCUT2D eigenvalue weighted by atomic mass is 16.2. The highest BCUT2D eigenvalue weighted by Gasteiger charge is 2.28. The molecule has 0 radical (unpaired) electrons. The molecule has 0 saturated carbocycles. The Morgan fingerprint density at radius 3 is 2.81 bits per heavy atom. The van der Waals surface area contributed by atoms with Crippen molar-refractivity contribution < 1.29 is 4.79 Å². The molecule has 1 amide bonds. The van der Waals surface area contributed by atoms with Crippen molar-refractivity contribution in [2.75, 3.05) is 13.1 Å². The van der Waals surface area contributed by atoms with Gasteiger partial charge in [0.2, 0.25) is 0 Å². The monoisotopic (exact) mass is 364 g/mol. The van der Waals surface area contributed by atoms with E-state index in [9.17, 15) is 4.79 Å². The minimum absolute atomic E-state index is 0.0131. The fraction of sp³-hybridized carbons (Fsp3) is 0.400. The van der Waals surface area contributed by atoms with Crippen LogP contribution in [0.1, 0.15) is 47.6 Å². The molecule has 0 aromatic carbocycles. The van der Waals surface area contributed by atoms with Gasteiger partial charge >= 0.3 is 0 Å². The van der Waals surface area contributed by atoms with Gasteiger partial charge in [0.1, 0.15) is 11.5 Å². The number of imidazole rings is 1. The van der Waals surface area contributed by atoms with E-state index in [-0.39, 0.29) is 11.8 Å². The van der Waals surface area contributed by atoms with Crippen molar-refractivity contribution in [2.24, 2.45) is 0 Å². The quantitative estimate of drug-likeness (QED) is 0.698. The van der Waals surface area contributed by atoms with Gasteiger partial charge in [0.05, 0.1) is 0 Å². The summed E-state index contributed by atoms with van der Waals surface area (Å²) in [6.07, 6.45) is 11.4. The van der Waals surface area contributed by atoms with Crippen molar-refractivity contribution in [3.8, 4) is 0 Å². The summed E-state index contributed by atoms with van der Waals surface area (Å²) >= 11 is 0. The van der Waals surface area contributed by atoms with Crippen molar-refractivity contribution in [2.45, 2.75) is 38.8 Å². The van der Waals surface area contributed by atoms with Gasteiger partial charge < -0.3 is 9.47 Å². The number of aromatic nitrogens is 5. The summed E-state index contributed by atoms with van der Waals surface area (Å²) in [6.45, 7) is 5.01. The van der Waals surface area contributed by atoms with E-state index in [0.29, 0.717) is 12.2 Å². The second-order valence-corrected chi connectivity index (χ2v) is 6.92. The van der Waals surface area contributed by atoms with E-state index >= 15 is 0 Å². The lowest BCUT2D eigenvalue weighted by atomic mass is 9.96. The Morgan fingerprint density at radius 2 is 2.04 bits per heavy atom. The van der Waals surface area contributed by atoms with E-state index in [2.05, 4.69) is 19.6 Å². The lowest BCUT2D eigenvalue weighted by Crippen LogP contribution is -2.40. The number of nitrogens with zero attached hydrogens (tertiary/aromatic N) is 6. The molecule has 0 spiro atoms. The minimum Gasteiger partial charge on any atom is -0.337 e. The highest BCUT2D eigenvalue weighted by molar-refractivity contribution is 5.92. The molecule has 3 aromatic heterocycles. The van der Waals surface area contributed by atoms with E-state index in [1.165, 1.54) is 5.56 Å². The van der Waals surface area contributed by atoms with Crippen LogP contribution in [0.2, 0.25) is 0 Å². The Balaban J connectivity index is 1.49. The molecule has 27 heavy (non-hydrogen) atoms. The van der Waals surface area contributed by atoms with Crippen LogP contribution in [-0.2, 0) is 13.1 Å². The van der Waals surface area contributed by atoms with Gasteiger partial charge in [-0.05, 0) is 43.5 Å². The summed E-state index contributed by atoms with van der Waals surface area (Å²) in [5, 5.41) is 4.36. The van der Waals surface area contributed by atoms with Crippen LogP contribution in [0.3, 0.4) is 0 Å². The topological polar surface area (TPSA) is 68.8 Å². The number of carbonyl (C=O) groups excluding carboxylic acids is 1. The Bertz CT molecular complexity index is 900. The molecule has 1 atom stereocenters. The SMILES string of the molecule is CCn1ccc(C(=O)N2CCC[C@H](c3nccn3Cc3ccncc3)C2)n1. The van der Waals surface area contributed by atoms with Crippen LogP contribution in [-0.4, -0.2) is 48.2 Å². The number of pyridine rings is 1. The standard InChI is InChI=1S/C20H24N6O/c1-2-26-12-7-18(23-26)20(27)25-11-3-4-17(15-25)19-22-10-13-24(19)14-16-5-8-21-9-6-16/h5-10,12-13,17H,2-4,11,14-15H2,1H3/t17-/m0/s1. The molecule has 1 aliphatic rings. The zero-order valence-corrected chi connectivity index (χ0v) is 15.5. The average molecular weight is 364 g/mol. The van der Waals surface area contributed by atoms with Crippen LogP contribution >= 0.6 is 0 Å². The van der Waals surface area contributed by atoms with Gasteiger partial charge in [-0.2, -0.15) is 5.10 Å². The molecule has 1 fully saturated rings. The smallest absolute Gasteiger partial charge is 0.274 e. The van der Waals surface area contributed by atoms with E-state index < -0.39 is 0 Å². The summed E-state index contributed by atoms with van der Waals surface area (Å²) in [6, 6.07) is 5.84. The van der Waals surface area contributed by atoms with Crippen LogP contribution in [0.5, 0.6) is 0 Å². The third-order valence-corrected chi connectivity index (χ3v) is 5.11. The molecule has 1 aliphatic heterocycles. The van der Waals surface area contributed by atoms with Crippen molar-refractivity contribution in [3.63, 3.8) is 0 Å². The van der Waals surface area contributed by atoms with Gasteiger partial charge in [0.25, 0.3) is 5.91 Å². The Labute approximate surface area is 158 Å². The zero-order chi connectivity index (χ0) is 18.6. The summed E-state index contributed by atoms with van der Waals surface area (Å²) < 4.78 is 3.97. The molecule has 3 aromatic rings. The Morgan fingerprint density at radius 1 is 1.19 bits per heavy atom. The highest BCUT2D eigenvalue weighted by Crippen LogP contribution is 2.27. The molecule has 7 nitrogen and oxygen atoms in total. The molecule has 0 bridgehead atoms. The van der Waals surface area contributed by atoms with Gasteiger partial charge in [-0.3, -0.25) is 14.5 Å². The average Bonchev–Trinajstić information content (AvgIpc) is 3.38. The second kappa shape index (κ2) is 7.73. The first-order valence-electron chi connectivity index (χ1n) is 9.47. The van der Waals surface area contributed by atoms with Crippen LogP contribution < -0.4 is 0 Å². The van der Waals surface area contributed by atoms with Crippen LogP contribution in [0.4, 0.5) is 0 Å². The minimum atomic E-state index is 0.0131. The summed E-state index contributed by atoms with van der Waals surface area (Å²) in [5.74, 6) is 1.30. The van der Waals surface area contributed by atoms with Crippen molar-refractivity contribution in [1.82, 2.24) is 29.2 Å². The number of amides is 1. The Kier molecular flexibility index (Phi) is 5.00. The predicted octanol–water partition coefficient (Wildman–Crippen LogP) is 2.56. The van der Waals surface area contributed by atoms with Gasteiger partial charge in [0, 0.05) is 63.1 Å². The van der Waals surface area contributed by atoms with E-state index in [0.717, 1.165) is 38.3 Å². The fourth-order valence-electron chi connectivity index (χ4n) is 3.69. The number of hydrogen-bond acceptors (Lipinski definition) is 4. The number of likely N-dealkylation sites (tertiary alicyclic amines) is 1. The third-order valence-electron chi connectivity index (χ3n) is 5.11. The number of rotatable bonds is 5. The van der Waals surface area contributed by atoms with Gasteiger partial charge in [-0.1, -0.05) is 0 Å². The normalized spacial score (nSPS) is 17.2. The van der Waals surface area contributed by atoms with E-state index in [1.54, 1.807) is 10.7 Å². The van der Waals surface area contributed by atoms with Crippen molar-refractivity contribution in [3.05, 3.63) is 66.3 Å². The molecule has 1 saturated heterocycles. The molecule has 0 N–H and O–H groups in total. The predicted molar refractivity (Wildman–Crippen MR) is 101 cm³/mol. The number of hydrogen-bond donors (Lipinski definition) is 0. The molecular weight excluding hydrogens is 340 g/mol. The molecule has 4 rings (SSSR count). The number of aryl methyl sites for hydroxylation is 1. The maximum atomic E-state index is 12.8. The number of carbonyl (C=O) groups is 1. The van der Waals surface area contributed by atoms with Crippen LogP contribution in [0.25, 0.3) is 0 Å². The van der Waals surface area contributed by atoms with Crippen molar-refractivity contribution >= 4 is 5.91 Å². The first-order chi connectivity index (χ1) is 13.2. The van der Waals surface area contributed by atoms with Crippen molar-refractivity contribution in [1.29, 1.82) is 0 Å².